The molecular formula is C20H16FN3O2. The lowest BCUT2D eigenvalue weighted by Gasteiger charge is -2.04. The fourth-order valence-electron chi connectivity index (χ4n) is 2.38. The number of carbonyl (C=O) groups is 1. The molecule has 0 aliphatic rings. The van der Waals surface area contributed by atoms with Crippen molar-refractivity contribution >= 4 is 5.91 Å². The summed E-state index contributed by atoms with van der Waals surface area (Å²) in [5.41, 5.74) is 2.24. The van der Waals surface area contributed by atoms with Gasteiger partial charge in [-0.15, -0.1) is 0 Å². The summed E-state index contributed by atoms with van der Waals surface area (Å²) >= 11 is 0. The summed E-state index contributed by atoms with van der Waals surface area (Å²) in [5, 5.41) is 11.6. The van der Waals surface area contributed by atoms with E-state index in [-0.39, 0.29) is 18.1 Å². The number of benzene rings is 2. The number of carbonyl (C=O) groups excluding carboxylic acids is 1. The summed E-state index contributed by atoms with van der Waals surface area (Å²) in [5.74, 6) is 0.569. The van der Waals surface area contributed by atoms with Crippen LogP contribution in [0.1, 0.15) is 23.4 Å². The Morgan fingerprint density at radius 2 is 1.88 bits per heavy atom. The van der Waals surface area contributed by atoms with Gasteiger partial charge in [-0.3, -0.25) is 4.79 Å². The van der Waals surface area contributed by atoms with Crippen LogP contribution in [0.3, 0.4) is 0 Å². The molecular weight excluding hydrogens is 333 g/mol. The molecule has 3 aromatic rings. The van der Waals surface area contributed by atoms with E-state index >= 15 is 0 Å². The zero-order valence-electron chi connectivity index (χ0n) is 13.9. The number of hydrogen-bond acceptors (Lipinski definition) is 4. The number of amides is 1. The molecule has 1 N–H and O–H groups in total. The largest absolute Gasteiger partial charge is 0.441 e. The summed E-state index contributed by atoms with van der Waals surface area (Å²) in [7, 11) is 0. The molecule has 0 fully saturated rings. The van der Waals surface area contributed by atoms with Gasteiger partial charge in [-0.25, -0.2) is 9.37 Å². The predicted molar refractivity (Wildman–Crippen MR) is 93.2 cm³/mol. The monoisotopic (exact) mass is 349 g/mol. The van der Waals surface area contributed by atoms with Crippen molar-refractivity contribution in [3.8, 4) is 17.4 Å². The van der Waals surface area contributed by atoms with Crippen molar-refractivity contribution in [3.63, 3.8) is 0 Å². The van der Waals surface area contributed by atoms with Gasteiger partial charge in [-0.1, -0.05) is 12.1 Å². The Morgan fingerprint density at radius 3 is 2.58 bits per heavy atom. The molecule has 0 saturated heterocycles. The summed E-state index contributed by atoms with van der Waals surface area (Å²) in [4.78, 5) is 16.1. The van der Waals surface area contributed by atoms with Crippen molar-refractivity contribution in [1.82, 2.24) is 10.3 Å². The number of nitriles is 1. The minimum atomic E-state index is -0.313. The van der Waals surface area contributed by atoms with E-state index in [9.17, 15) is 9.18 Å². The third-order valence-electron chi connectivity index (χ3n) is 3.82. The van der Waals surface area contributed by atoms with Crippen LogP contribution in [-0.2, 0) is 17.8 Å². The van der Waals surface area contributed by atoms with Crippen LogP contribution in [0.15, 0.2) is 59.1 Å². The Balaban J connectivity index is 1.48. The third kappa shape index (κ3) is 4.54. The molecule has 0 aliphatic carbocycles. The van der Waals surface area contributed by atoms with Crippen LogP contribution in [0.5, 0.6) is 0 Å². The van der Waals surface area contributed by atoms with Crippen molar-refractivity contribution in [2.24, 2.45) is 0 Å². The fourth-order valence-corrected chi connectivity index (χ4v) is 2.38. The molecule has 0 bridgehead atoms. The van der Waals surface area contributed by atoms with Crippen LogP contribution >= 0.6 is 0 Å². The van der Waals surface area contributed by atoms with E-state index in [4.69, 9.17) is 9.68 Å². The summed E-state index contributed by atoms with van der Waals surface area (Å²) in [6.07, 6.45) is 2.19. The van der Waals surface area contributed by atoms with Crippen molar-refractivity contribution < 1.29 is 13.6 Å². The molecule has 0 saturated carbocycles. The lowest BCUT2D eigenvalue weighted by molar-refractivity contribution is -0.121. The normalized spacial score (nSPS) is 10.3. The van der Waals surface area contributed by atoms with Crippen LogP contribution in [0.25, 0.3) is 11.3 Å². The van der Waals surface area contributed by atoms with Gasteiger partial charge >= 0.3 is 0 Å². The number of aryl methyl sites for hydroxylation is 1. The van der Waals surface area contributed by atoms with Crippen LogP contribution in [0, 0.1) is 17.1 Å². The second-order valence-corrected chi connectivity index (χ2v) is 5.71. The lowest BCUT2D eigenvalue weighted by atomic mass is 10.1. The van der Waals surface area contributed by atoms with Crippen LogP contribution in [-0.4, -0.2) is 10.9 Å². The number of aromatic nitrogens is 1. The van der Waals surface area contributed by atoms with Crippen molar-refractivity contribution in [3.05, 3.63) is 77.6 Å². The Morgan fingerprint density at radius 1 is 1.15 bits per heavy atom. The predicted octanol–water partition coefficient (Wildman–Crippen LogP) is 3.60. The van der Waals surface area contributed by atoms with Gasteiger partial charge in [-0.2, -0.15) is 5.26 Å². The molecule has 5 nitrogen and oxygen atoms in total. The number of rotatable bonds is 6. The number of hydrogen-bond donors (Lipinski definition) is 1. The molecule has 0 spiro atoms. The zero-order valence-corrected chi connectivity index (χ0v) is 13.9. The maximum absolute atomic E-state index is 12.9. The standard InChI is InChI=1S/C20H16FN3O2/c21-17-7-5-16(6-8-17)18-13-24-20(26-18)10-9-19(25)23-12-15-3-1-14(11-22)2-4-15/h1-8,13H,9-10,12H2,(H,23,25). The van der Waals surface area contributed by atoms with Gasteiger partial charge in [0.15, 0.2) is 11.7 Å². The summed E-state index contributed by atoms with van der Waals surface area (Å²) in [6, 6.07) is 15.0. The maximum atomic E-state index is 12.9. The number of halogens is 1. The minimum absolute atomic E-state index is 0.115. The first kappa shape index (κ1) is 17.4. The highest BCUT2D eigenvalue weighted by Crippen LogP contribution is 2.21. The smallest absolute Gasteiger partial charge is 0.220 e. The average molecular weight is 349 g/mol. The van der Waals surface area contributed by atoms with E-state index in [1.165, 1.54) is 12.1 Å². The molecule has 1 amide bonds. The highest BCUT2D eigenvalue weighted by Gasteiger charge is 2.09. The van der Waals surface area contributed by atoms with Gasteiger partial charge in [0.2, 0.25) is 5.91 Å². The number of nitrogens with one attached hydrogen (secondary N) is 1. The minimum Gasteiger partial charge on any atom is -0.441 e. The SMILES string of the molecule is N#Cc1ccc(CNC(=O)CCc2ncc(-c3ccc(F)cc3)o2)cc1. The lowest BCUT2D eigenvalue weighted by Crippen LogP contribution is -2.23. The Labute approximate surface area is 150 Å². The number of oxazole rings is 1. The van der Waals surface area contributed by atoms with Gasteiger partial charge in [0.1, 0.15) is 5.82 Å². The second kappa shape index (κ2) is 8.08. The zero-order chi connectivity index (χ0) is 18.4. The molecule has 1 aromatic heterocycles. The quantitative estimate of drug-likeness (QED) is 0.737. The fraction of sp³-hybridized carbons (Fsp3) is 0.150. The molecule has 1 heterocycles. The van der Waals surface area contributed by atoms with E-state index in [1.54, 1.807) is 30.5 Å². The molecule has 0 atom stereocenters. The van der Waals surface area contributed by atoms with Crippen molar-refractivity contribution in [2.75, 3.05) is 0 Å². The molecule has 3 rings (SSSR count). The molecule has 0 aliphatic heterocycles. The Bertz CT molecular complexity index is 925. The molecule has 130 valence electrons. The van der Waals surface area contributed by atoms with E-state index < -0.39 is 0 Å². The van der Waals surface area contributed by atoms with Gasteiger partial charge in [0, 0.05) is 24.9 Å². The van der Waals surface area contributed by atoms with Gasteiger partial charge < -0.3 is 9.73 Å². The first-order chi connectivity index (χ1) is 12.6. The second-order valence-electron chi connectivity index (χ2n) is 5.71. The van der Waals surface area contributed by atoms with Crippen LogP contribution in [0.4, 0.5) is 4.39 Å². The first-order valence-corrected chi connectivity index (χ1v) is 8.10. The van der Waals surface area contributed by atoms with Crippen LogP contribution in [0.2, 0.25) is 0 Å². The van der Waals surface area contributed by atoms with E-state index in [0.717, 1.165) is 11.1 Å². The van der Waals surface area contributed by atoms with Gasteiger partial charge in [0.05, 0.1) is 17.8 Å². The highest BCUT2D eigenvalue weighted by atomic mass is 19.1. The van der Waals surface area contributed by atoms with Crippen LogP contribution < -0.4 is 5.32 Å². The maximum Gasteiger partial charge on any atom is 0.220 e. The first-order valence-electron chi connectivity index (χ1n) is 8.10. The molecule has 26 heavy (non-hydrogen) atoms. The topological polar surface area (TPSA) is 78.9 Å². The Hall–Kier alpha value is -3.46. The number of nitrogens with zero attached hydrogens (tertiary/aromatic N) is 2. The average Bonchev–Trinajstić information content (AvgIpc) is 3.14. The summed E-state index contributed by atoms with van der Waals surface area (Å²) in [6.45, 7) is 0.400. The van der Waals surface area contributed by atoms with Gasteiger partial charge in [0.25, 0.3) is 0 Å². The van der Waals surface area contributed by atoms with E-state index in [1.807, 2.05) is 12.1 Å². The van der Waals surface area contributed by atoms with Crippen molar-refractivity contribution in [2.45, 2.75) is 19.4 Å². The van der Waals surface area contributed by atoms with E-state index in [2.05, 4.69) is 16.4 Å². The molecule has 0 unspecified atom stereocenters. The molecule has 0 radical (unpaired) electrons. The van der Waals surface area contributed by atoms with Gasteiger partial charge in [-0.05, 0) is 42.0 Å². The molecule has 6 heteroatoms. The summed E-state index contributed by atoms with van der Waals surface area (Å²) < 4.78 is 18.5. The van der Waals surface area contributed by atoms with E-state index in [0.29, 0.717) is 30.2 Å². The third-order valence-corrected chi connectivity index (χ3v) is 3.82. The Kier molecular flexibility index (Phi) is 5.40. The van der Waals surface area contributed by atoms with Crippen molar-refractivity contribution in [1.29, 1.82) is 5.26 Å². The molecule has 2 aromatic carbocycles. The highest BCUT2D eigenvalue weighted by molar-refractivity contribution is 5.76.